The summed E-state index contributed by atoms with van der Waals surface area (Å²) in [6.07, 6.45) is 5.29. The normalized spacial score (nSPS) is 26.5. The number of carbonyl (C=O) groups excluding carboxylic acids is 1. The zero-order valence-electron chi connectivity index (χ0n) is 15.2. The van der Waals surface area contributed by atoms with E-state index in [9.17, 15) is 4.79 Å². The van der Waals surface area contributed by atoms with Crippen molar-refractivity contribution in [1.29, 1.82) is 0 Å². The van der Waals surface area contributed by atoms with Gasteiger partial charge in [-0.15, -0.1) is 0 Å². The van der Waals surface area contributed by atoms with Crippen LogP contribution in [0.1, 0.15) is 25.0 Å². The predicted octanol–water partition coefficient (Wildman–Crippen LogP) is 1.11. The largest absolute Gasteiger partial charge is 0.469 e. The number of hydrogen-bond acceptors (Lipinski definition) is 4. The molecule has 3 fully saturated rings. The highest BCUT2D eigenvalue weighted by molar-refractivity contribution is 5.82. The third-order valence-electron chi connectivity index (χ3n) is 5.55. The average Bonchev–Trinajstić information content (AvgIpc) is 3.41. The van der Waals surface area contributed by atoms with Crippen molar-refractivity contribution in [2.75, 3.05) is 45.9 Å². The van der Waals surface area contributed by atoms with Gasteiger partial charge in [0.25, 0.3) is 0 Å². The first-order chi connectivity index (χ1) is 12.8. The van der Waals surface area contributed by atoms with Crippen molar-refractivity contribution in [3.05, 3.63) is 24.2 Å². The van der Waals surface area contributed by atoms with Crippen LogP contribution in [0.2, 0.25) is 0 Å². The lowest BCUT2D eigenvalue weighted by Gasteiger charge is -2.39. The predicted molar refractivity (Wildman–Crippen MR) is 98.0 cm³/mol. The number of rotatable bonds is 5. The lowest BCUT2D eigenvalue weighted by Crippen LogP contribution is -2.56. The Morgan fingerprint density at radius 2 is 2.31 bits per heavy atom. The van der Waals surface area contributed by atoms with Crippen molar-refractivity contribution in [3.8, 4) is 0 Å². The number of nitrogens with zero attached hydrogens (tertiary/aromatic N) is 3. The molecule has 1 aromatic rings. The van der Waals surface area contributed by atoms with E-state index in [1.807, 2.05) is 17.0 Å². The molecule has 7 heteroatoms. The molecule has 7 nitrogen and oxygen atoms in total. The number of aliphatic imine (C=N–C) groups is 1. The highest BCUT2D eigenvalue weighted by Gasteiger charge is 2.36. The van der Waals surface area contributed by atoms with Crippen molar-refractivity contribution in [2.24, 2.45) is 10.9 Å². The van der Waals surface area contributed by atoms with Crippen LogP contribution in [0.3, 0.4) is 0 Å². The summed E-state index contributed by atoms with van der Waals surface area (Å²) in [5, 5.41) is 3.51. The molecule has 0 saturated carbocycles. The molecule has 2 unspecified atom stereocenters. The van der Waals surface area contributed by atoms with Gasteiger partial charge in [-0.1, -0.05) is 0 Å². The van der Waals surface area contributed by atoms with E-state index >= 15 is 0 Å². The number of nitrogens with one attached hydrogen (secondary N) is 1. The molecule has 0 spiro atoms. The summed E-state index contributed by atoms with van der Waals surface area (Å²) in [6.45, 7) is 5.77. The van der Waals surface area contributed by atoms with E-state index in [4.69, 9.17) is 14.1 Å². The summed E-state index contributed by atoms with van der Waals surface area (Å²) in [5.74, 6) is 2.77. The van der Waals surface area contributed by atoms with Gasteiger partial charge in [-0.2, -0.15) is 0 Å². The fourth-order valence-corrected chi connectivity index (χ4v) is 4.02. The molecule has 1 aromatic heterocycles. The van der Waals surface area contributed by atoms with Gasteiger partial charge in [-0.3, -0.25) is 9.79 Å². The Morgan fingerprint density at radius 3 is 3.12 bits per heavy atom. The number of piperazine rings is 1. The minimum atomic E-state index is 0.307. The van der Waals surface area contributed by atoms with Gasteiger partial charge in [0.15, 0.2) is 5.96 Å². The molecule has 3 saturated heterocycles. The maximum Gasteiger partial charge on any atom is 0.223 e. The van der Waals surface area contributed by atoms with Crippen molar-refractivity contribution in [1.82, 2.24) is 15.1 Å². The third kappa shape index (κ3) is 4.03. The molecule has 4 heterocycles. The Labute approximate surface area is 154 Å². The average molecular weight is 360 g/mol. The van der Waals surface area contributed by atoms with E-state index in [0.29, 0.717) is 24.3 Å². The van der Waals surface area contributed by atoms with Crippen LogP contribution in [-0.2, 0) is 16.0 Å². The lowest BCUT2D eigenvalue weighted by atomic mass is 10.1. The van der Waals surface area contributed by atoms with Gasteiger partial charge in [0.1, 0.15) is 5.76 Å². The van der Waals surface area contributed by atoms with Crippen molar-refractivity contribution >= 4 is 11.9 Å². The molecule has 142 valence electrons. The molecule has 0 aromatic carbocycles. The summed E-state index contributed by atoms with van der Waals surface area (Å²) in [4.78, 5) is 21.2. The second-order valence-electron chi connectivity index (χ2n) is 7.38. The summed E-state index contributed by atoms with van der Waals surface area (Å²) in [5.41, 5.74) is 0. The number of furan rings is 1. The quantitative estimate of drug-likeness (QED) is 0.629. The van der Waals surface area contributed by atoms with Crippen LogP contribution < -0.4 is 5.32 Å². The maximum atomic E-state index is 11.9. The van der Waals surface area contributed by atoms with Crippen LogP contribution in [0.15, 0.2) is 27.8 Å². The fraction of sp³-hybridized carbons (Fsp3) is 0.684. The minimum absolute atomic E-state index is 0.307. The molecule has 0 aliphatic carbocycles. The third-order valence-corrected chi connectivity index (χ3v) is 5.55. The maximum absolute atomic E-state index is 11.9. The van der Waals surface area contributed by atoms with Crippen molar-refractivity contribution in [3.63, 3.8) is 0 Å². The summed E-state index contributed by atoms with van der Waals surface area (Å²) < 4.78 is 10.9. The zero-order valence-corrected chi connectivity index (χ0v) is 15.2. The van der Waals surface area contributed by atoms with Crippen molar-refractivity contribution < 1.29 is 13.9 Å². The Balaban J connectivity index is 1.37. The molecule has 1 amide bonds. The van der Waals surface area contributed by atoms with Gasteiger partial charge in [-0.05, 0) is 25.0 Å². The lowest BCUT2D eigenvalue weighted by molar-refractivity contribution is -0.130. The highest BCUT2D eigenvalue weighted by atomic mass is 16.5. The van der Waals surface area contributed by atoms with E-state index in [1.54, 1.807) is 6.26 Å². The number of ether oxygens (including phenoxy) is 1. The van der Waals surface area contributed by atoms with Crippen LogP contribution in [-0.4, -0.2) is 73.6 Å². The Morgan fingerprint density at radius 1 is 1.35 bits per heavy atom. The molecule has 4 rings (SSSR count). The first kappa shape index (κ1) is 17.4. The number of fused-ring (bicyclic) bond motifs is 1. The van der Waals surface area contributed by atoms with Gasteiger partial charge < -0.3 is 24.3 Å². The molecule has 26 heavy (non-hydrogen) atoms. The van der Waals surface area contributed by atoms with E-state index in [-0.39, 0.29) is 0 Å². The summed E-state index contributed by atoms with van der Waals surface area (Å²) in [6, 6.07) is 4.25. The Bertz CT molecular complexity index is 625. The van der Waals surface area contributed by atoms with E-state index in [2.05, 4.69) is 10.2 Å². The minimum Gasteiger partial charge on any atom is -0.469 e. The number of carbonyl (C=O) groups is 1. The Hall–Kier alpha value is -2.02. The first-order valence-corrected chi connectivity index (χ1v) is 9.72. The SMILES string of the molecule is O=C1CCC2CN(C(=NCC3CCOC3)NCCc3ccco3)CCN12. The van der Waals surface area contributed by atoms with E-state index < -0.39 is 0 Å². The standard InChI is InChI=1S/C19H28N4O3/c24-18-4-3-16-13-22(8-9-23(16)18)19(21-12-15-6-11-25-14-15)20-7-5-17-2-1-10-26-17/h1-2,10,15-16H,3-9,11-14H2,(H,20,21). The highest BCUT2D eigenvalue weighted by Crippen LogP contribution is 2.23. The smallest absolute Gasteiger partial charge is 0.223 e. The van der Waals surface area contributed by atoms with Crippen LogP contribution >= 0.6 is 0 Å². The zero-order chi connectivity index (χ0) is 17.8. The molecule has 0 radical (unpaired) electrons. The fourth-order valence-electron chi connectivity index (χ4n) is 4.02. The number of guanidine groups is 1. The molecule has 0 bridgehead atoms. The van der Waals surface area contributed by atoms with Gasteiger partial charge in [-0.25, -0.2) is 0 Å². The van der Waals surface area contributed by atoms with Gasteiger partial charge in [0, 0.05) is 64.1 Å². The monoisotopic (exact) mass is 360 g/mol. The number of hydrogen-bond donors (Lipinski definition) is 1. The molecular weight excluding hydrogens is 332 g/mol. The van der Waals surface area contributed by atoms with Crippen LogP contribution in [0.5, 0.6) is 0 Å². The van der Waals surface area contributed by atoms with Gasteiger partial charge in [0.05, 0.1) is 12.9 Å². The molecule has 2 atom stereocenters. The molecular formula is C19H28N4O3. The van der Waals surface area contributed by atoms with E-state index in [1.165, 1.54) is 0 Å². The molecule has 3 aliphatic rings. The van der Waals surface area contributed by atoms with Crippen LogP contribution in [0.4, 0.5) is 0 Å². The van der Waals surface area contributed by atoms with Crippen LogP contribution in [0.25, 0.3) is 0 Å². The summed E-state index contributed by atoms with van der Waals surface area (Å²) >= 11 is 0. The first-order valence-electron chi connectivity index (χ1n) is 9.72. The molecule has 3 aliphatic heterocycles. The van der Waals surface area contributed by atoms with Gasteiger partial charge >= 0.3 is 0 Å². The molecule has 1 N–H and O–H groups in total. The van der Waals surface area contributed by atoms with Gasteiger partial charge in [0.2, 0.25) is 5.91 Å². The Kier molecular flexibility index (Phi) is 5.43. The summed E-state index contributed by atoms with van der Waals surface area (Å²) in [7, 11) is 0. The second-order valence-corrected chi connectivity index (χ2v) is 7.38. The van der Waals surface area contributed by atoms with Crippen molar-refractivity contribution in [2.45, 2.75) is 31.7 Å². The second kappa shape index (κ2) is 8.12. The number of amides is 1. The van der Waals surface area contributed by atoms with E-state index in [0.717, 1.165) is 76.9 Å². The van der Waals surface area contributed by atoms with Crippen LogP contribution in [0, 0.1) is 5.92 Å². The topological polar surface area (TPSA) is 70.3 Å².